The summed E-state index contributed by atoms with van der Waals surface area (Å²) in [5.74, 6) is 0.0326. The molecule has 24 heavy (non-hydrogen) atoms. The van der Waals surface area contributed by atoms with Gasteiger partial charge in [-0.3, -0.25) is 4.79 Å². The van der Waals surface area contributed by atoms with E-state index in [0.717, 1.165) is 17.7 Å². The Bertz CT molecular complexity index is 695. The van der Waals surface area contributed by atoms with E-state index in [0.29, 0.717) is 28.7 Å². The summed E-state index contributed by atoms with van der Waals surface area (Å²) in [7, 11) is 0. The summed E-state index contributed by atoms with van der Waals surface area (Å²) in [5.41, 5.74) is 2.68. The van der Waals surface area contributed by atoms with Gasteiger partial charge < -0.3 is 10.2 Å². The van der Waals surface area contributed by atoms with Crippen molar-refractivity contribution in [1.29, 1.82) is 0 Å². The molecule has 1 heterocycles. The van der Waals surface area contributed by atoms with E-state index < -0.39 is 0 Å². The largest absolute Gasteiger partial charge is 0.335 e. The molecule has 0 spiro atoms. The Kier molecular flexibility index (Phi) is 6.67. The third-order valence-electron chi connectivity index (χ3n) is 4.07. The van der Waals surface area contributed by atoms with Crippen molar-refractivity contribution in [3.63, 3.8) is 0 Å². The van der Waals surface area contributed by atoms with E-state index in [9.17, 15) is 4.79 Å². The molecule has 1 amide bonds. The van der Waals surface area contributed by atoms with E-state index in [1.807, 2.05) is 43.0 Å². The van der Waals surface area contributed by atoms with E-state index >= 15 is 0 Å². The van der Waals surface area contributed by atoms with Crippen molar-refractivity contribution in [2.45, 2.75) is 19.9 Å². The van der Waals surface area contributed by atoms with Crippen molar-refractivity contribution in [3.8, 4) is 0 Å². The summed E-state index contributed by atoms with van der Waals surface area (Å²) < 4.78 is 0. The molecule has 1 fully saturated rings. The highest BCUT2D eigenvalue weighted by Gasteiger charge is 2.25. The summed E-state index contributed by atoms with van der Waals surface area (Å²) in [5, 5.41) is 4.49. The monoisotopic (exact) mass is 364 g/mol. The molecule has 1 unspecified atom stereocenters. The van der Waals surface area contributed by atoms with Crippen LogP contribution in [0.3, 0.4) is 0 Å². The van der Waals surface area contributed by atoms with Crippen LogP contribution in [0.15, 0.2) is 54.2 Å². The second kappa shape index (κ2) is 8.52. The fourth-order valence-corrected chi connectivity index (χ4v) is 2.95. The van der Waals surface area contributed by atoms with Crippen LogP contribution >= 0.6 is 23.2 Å². The first-order chi connectivity index (χ1) is 11.5. The van der Waals surface area contributed by atoms with Crippen LogP contribution in [0.5, 0.6) is 0 Å². The maximum Gasteiger partial charge on any atom is 0.253 e. The predicted octanol–water partition coefficient (Wildman–Crippen LogP) is 4.54. The van der Waals surface area contributed by atoms with Crippen molar-refractivity contribution in [1.82, 2.24) is 10.2 Å². The summed E-state index contributed by atoms with van der Waals surface area (Å²) in [6.45, 7) is 9.54. The van der Waals surface area contributed by atoms with Gasteiger partial charge in [-0.25, -0.2) is 0 Å². The van der Waals surface area contributed by atoms with Crippen LogP contribution < -0.4 is 5.32 Å². The number of hydrogen-bond acceptors (Lipinski definition) is 2. The highest BCUT2D eigenvalue weighted by molar-refractivity contribution is 6.42. The minimum Gasteiger partial charge on any atom is -0.335 e. The number of benzene rings is 1. The number of nitrogens with one attached hydrogen (secondary N) is 1. The molecule has 1 N–H and O–H groups in total. The Hall–Kier alpha value is -1.55. The van der Waals surface area contributed by atoms with Crippen LogP contribution in [0, 0.1) is 0 Å². The minimum absolute atomic E-state index is 0.0326. The van der Waals surface area contributed by atoms with Crippen molar-refractivity contribution in [3.05, 3.63) is 69.8 Å². The number of nitrogens with zero attached hydrogens (tertiary/aromatic N) is 1. The first-order valence-corrected chi connectivity index (χ1v) is 8.66. The fraction of sp³-hybridized carbons (Fsp3) is 0.316. The molecule has 0 bridgehead atoms. The van der Waals surface area contributed by atoms with Gasteiger partial charge in [-0.05, 0) is 37.6 Å². The molecule has 2 rings (SSSR count). The lowest BCUT2D eigenvalue weighted by Gasteiger charge is -2.34. The van der Waals surface area contributed by atoms with Crippen LogP contribution in [0.2, 0.25) is 10.0 Å². The molecule has 1 saturated heterocycles. The zero-order chi connectivity index (χ0) is 17.7. The maximum atomic E-state index is 12.8. The van der Waals surface area contributed by atoms with Gasteiger partial charge in [0.05, 0.1) is 16.1 Å². The SMILES string of the molecule is C=C/C(C)=C\C(=C/C)C(=O)N1CCNC(c2ccc(Cl)c(Cl)c2)C1. The zero-order valence-corrected chi connectivity index (χ0v) is 15.5. The number of piperazine rings is 1. The number of carbonyl (C=O) groups is 1. The molecule has 3 nitrogen and oxygen atoms in total. The molecule has 1 aliphatic rings. The highest BCUT2D eigenvalue weighted by Crippen LogP contribution is 2.27. The quantitative estimate of drug-likeness (QED) is 0.627. The number of rotatable bonds is 4. The molecule has 1 atom stereocenters. The molecule has 0 aromatic heterocycles. The van der Waals surface area contributed by atoms with Gasteiger partial charge in [-0.15, -0.1) is 0 Å². The Morgan fingerprint density at radius 3 is 2.75 bits per heavy atom. The molecule has 5 heteroatoms. The average molecular weight is 365 g/mol. The molecule has 1 aromatic carbocycles. The third kappa shape index (κ3) is 4.50. The number of hydrogen-bond donors (Lipinski definition) is 1. The summed E-state index contributed by atoms with van der Waals surface area (Å²) in [6.07, 6.45) is 5.45. The van der Waals surface area contributed by atoms with E-state index in [4.69, 9.17) is 23.2 Å². The molecule has 0 radical (unpaired) electrons. The van der Waals surface area contributed by atoms with Gasteiger partial charge >= 0.3 is 0 Å². The van der Waals surface area contributed by atoms with E-state index in [1.165, 1.54) is 0 Å². The first kappa shape index (κ1) is 18.8. The van der Waals surface area contributed by atoms with Crippen molar-refractivity contribution >= 4 is 29.1 Å². The lowest BCUT2D eigenvalue weighted by molar-refractivity contribution is -0.128. The Balaban J connectivity index is 2.16. The predicted molar refractivity (Wildman–Crippen MR) is 101 cm³/mol. The van der Waals surface area contributed by atoms with Crippen molar-refractivity contribution in [2.24, 2.45) is 0 Å². The minimum atomic E-state index is 0.0326. The van der Waals surface area contributed by atoms with Gasteiger partial charge in [-0.1, -0.05) is 53.6 Å². The summed E-state index contributed by atoms with van der Waals surface area (Å²) in [6, 6.07) is 5.63. The van der Waals surface area contributed by atoms with Gasteiger partial charge in [0.2, 0.25) is 0 Å². The van der Waals surface area contributed by atoms with Gasteiger partial charge in [-0.2, -0.15) is 0 Å². The van der Waals surface area contributed by atoms with Crippen LogP contribution in [-0.2, 0) is 4.79 Å². The second-order valence-corrected chi connectivity index (χ2v) is 6.58. The highest BCUT2D eigenvalue weighted by atomic mass is 35.5. The van der Waals surface area contributed by atoms with Crippen LogP contribution in [0.1, 0.15) is 25.5 Å². The number of amides is 1. The molecule has 0 saturated carbocycles. The van der Waals surface area contributed by atoms with Crippen LogP contribution in [-0.4, -0.2) is 30.4 Å². The lowest BCUT2D eigenvalue weighted by Crippen LogP contribution is -2.48. The van der Waals surface area contributed by atoms with Gasteiger partial charge in [0.15, 0.2) is 0 Å². The van der Waals surface area contributed by atoms with Crippen molar-refractivity contribution < 1.29 is 4.79 Å². The van der Waals surface area contributed by atoms with E-state index in [-0.39, 0.29) is 11.9 Å². The zero-order valence-electron chi connectivity index (χ0n) is 14.0. The maximum absolute atomic E-state index is 12.8. The molecule has 0 aliphatic carbocycles. The Morgan fingerprint density at radius 2 is 2.12 bits per heavy atom. The first-order valence-electron chi connectivity index (χ1n) is 7.91. The standard InChI is InChI=1S/C19H22Cl2N2O/c1-4-13(3)10-14(5-2)19(24)23-9-8-22-18(12-23)15-6-7-16(20)17(21)11-15/h4-7,10-11,18,22H,1,8-9,12H2,2-3H3/b13-10-,14-5+. The number of allylic oxidation sites excluding steroid dienone is 3. The van der Waals surface area contributed by atoms with Crippen LogP contribution in [0.25, 0.3) is 0 Å². The Morgan fingerprint density at radius 1 is 1.38 bits per heavy atom. The number of carbonyl (C=O) groups excluding carboxylic acids is 1. The van der Waals surface area contributed by atoms with E-state index in [2.05, 4.69) is 11.9 Å². The Labute approximate surface area is 153 Å². The molecule has 1 aromatic rings. The normalized spacial score (nSPS) is 19.3. The summed E-state index contributed by atoms with van der Waals surface area (Å²) >= 11 is 12.1. The fourth-order valence-electron chi connectivity index (χ4n) is 2.64. The average Bonchev–Trinajstić information content (AvgIpc) is 2.61. The van der Waals surface area contributed by atoms with Gasteiger partial charge in [0.1, 0.15) is 0 Å². The van der Waals surface area contributed by atoms with Crippen molar-refractivity contribution in [2.75, 3.05) is 19.6 Å². The van der Waals surface area contributed by atoms with Crippen LogP contribution in [0.4, 0.5) is 0 Å². The number of halogens is 2. The lowest BCUT2D eigenvalue weighted by atomic mass is 10.0. The van der Waals surface area contributed by atoms with Gasteiger partial charge in [0, 0.05) is 25.2 Å². The smallest absolute Gasteiger partial charge is 0.253 e. The molecular weight excluding hydrogens is 343 g/mol. The summed E-state index contributed by atoms with van der Waals surface area (Å²) in [4.78, 5) is 14.6. The van der Waals surface area contributed by atoms with E-state index in [1.54, 1.807) is 12.1 Å². The van der Waals surface area contributed by atoms with Gasteiger partial charge in [0.25, 0.3) is 5.91 Å². The topological polar surface area (TPSA) is 32.3 Å². The third-order valence-corrected chi connectivity index (χ3v) is 4.81. The molecular formula is C19H22Cl2N2O. The molecule has 1 aliphatic heterocycles. The second-order valence-electron chi connectivity index (χ2n) is 5.77. The molecule has 128 valence electrons.